The maximum absolute atomic E-state index is 14.0. The van der Waals surface area contributed by atoms with Crippen LogP contribution in [0.15, 0.2) is 30.3 Å². The molecule has 8 heteroatoms. The van der Waals surface area contributed by atoms with Gasteiger partial charge in [0, 0.05) is 6.54 Å². The second kappa shape index (κ2) is 10.4. The minimum atomic E-state index is -4.42. The van der Waals surface area contributed by atoms with E-state index in [4.69, 9.17) is 5.11 Å². The van der Waals surface area contributed by atoms with Crippen LogP contribution in [-0.4, -0.2) is 40.5 Å². The van der Waals surface area contributed by atoms with Gasteiger partial charge in [0.1, 0.15) is 0 Å². The van der Waals surface area contributed by atoms with Gasteiger partial charge in [0.2, 0.25) is 0 Å². The summed E-state index contributed by atoms with van der Waals surface area (Å²) < 4.78 is 27.9. The molecule has 6 nitrogen and oxygen atoms in total. The number of nitrogens with one attached hydrogen (secondary N) is 1. The number of fused-ring (bicyclic) bond motifs is 7. The van der Waals surface area contributed by atoms with E-state index in [9.17, 15) is 28.3 Å². The molecular formula is C37H49F2NO5. The van der Waals surface area contributed by atoms with Gasteiger partial charge in [-0.15, -0.1) is 0 Å². The highest BCUT2D eigenvalue weighted by atomic mass is 19.3. The van der Waals surface area contributed by atoms with Crippen molar-refractivity contribution in [2.45, 2.75) is 105 Å². The van der Waals surface area contributed by atoms with Crippen LogP contribution < -0.4 is 5.32 Å². The van der Waals surface area contributed by atoms with E-state index in [1.165, 1.54) is 5.57 Å². The van der Waals surface area contributed by atoms with E-state index in [1.807, 2.05) is 12.1 Å². The quantitative estimate of drug-likeness (QED) is 0.278. The van der Waals surface area contributed by atoms with Crippen LogP contribution in [0.1, 0.15) is 115 Å². The van der Waals surface area contributed by atoms with Crippen LogP contribution in [0.4, 0.5) is 8.78 Å². The van der Waals surface area contributed by atoms with Crippen LogP contribution in [0.25, 0.3) is 5.57 Å². The Morgan fingerprint density at radius 2 is 1.53 bits per heavy atom. The summed E-state index contributed by atoms with van der Waals surface area (Å²) in [5, 5.41) is 20.6. The molecule has 6 rings (SSSR count). The van der Waals surface area contributed by atoms with Crippen LogP contribution in [-0.2, 0) is 9.59 Å². The summed E-state index contributed by atoms with van der Waals surface area (Å²) in [6.07, 6.45) is 12.7. The van der Waals surface area contributed by atoms with Gasteiger partial charge in [0.05, 0.1) is 5.56 Å². The number of carboxylic acids is 2. The fourth-order valence-electron chi connectivity index (χ4n) is 12.4. The van der Waals surface area contributed by atoms with E-state index in [0.29, 0.717) is 29.2 Å². The third-order valence-electron chi connectivity index (χ3n) is 14.7. The van der Waals surface area contributed by atoms with Crippen molar-refractivity contribution >= 4 is 23.4 Å². The fraction of sp³-hybridized carbons (Fsp3) is 0.703. The summed E-state index contributed by atoms with van der Waals surface area (Å²) in [5.74, 6) is -7.63. The van der Waals surface area contributed by atoms with Crippen LogP contribution in [0.5, 0.6) is 0 Å². The van der Waals surface area contributed by atoms with Gasteiger partial charge in [0.15, 0.2) is 0 Å². The lowest BCUT2D eigenvalue weighted by Gasteiger charge is -2.72. The highest BCUT2D eigenvalue weighted by molar-refractivity contribution is 6.03. The van der Waals surface area contributed by atoms with Gasteiger partial charge in [-0.1, -0.05) is 59.2 Å². The number of aliphatic carboxylic acids is 1. The van der Waals surface area contributed by atoms with Crippen molar-refractivity contribution in [2.24, 2.45) is 50.7 Å². The van der Waals surface area contributed by atoms with Crippen LogP contribution in [0, 0.1) is 50.7 Å². The third kappa shape index (κ3) is 4.46. The standard InChI is InChI=1S/C37H49F2NO5/c1-32(2)24(22-8-10-23(11-9-22)29(41)42)14-17-33(3)27(32)15-18-35(5)28(33)13-12-25-26-7-6-16-36(26,20-19-34(25,35)4)21-40-30(43)37(38,39)31(44)45/h8-11,14,25-28H,6-7,12-13,15-21H2,1-5H3,(H,40,43)(H,41,42)(H,44,45)/t25-,26?,27?,28?,33+,34-,35-,36-/m1/s1. The van der Waals surface area contributed by atoms with Crippen LogP contribution in [0.2, 0.25) is 0 Å². The molecule has 3 unspecified atom stereocenters. The van der Waals surface area contributed by atoms with Gasteiger partial charge >= 0.3 is 23.8 Å². The maximum atomic E-state index is 14.0. The lowest BCUT2D eigenvalue weighted by molar-refractivity contribution is -0.222. The molecular weight excluding hydrogens is 576 g/mol. The zero-order chi connectivity index (χ0) is 32.8. The van der Waals surface area contributed by atoms with Crippen molar-refractivity contribution < 1.29 is 33.4 Å². The van der Waals surface area contributed by atoms with Gasteiger partial charge in [-0.3, -0.25) is 4.79 Å². The topological polar surface area (TPSA) is 104 Å². The van der Waals surface area contributed by atoms with Crippen molar-refractivity contribution in [1.29, 1.82) is 0 Å². The largest absolute Gasteiger partial charge is 0.478 e. The van der Waals surface area contributed by atoms with Gasteiger partial charge in [0.25, 0.3) is 0 Å². The number of carbonyl (C=O) groups excluding carboxylic acids is 1. The first-order chi connectivity index (χ1) is 20.9. The van der Waals surface area contributed by atoms with E-state index in [-0.39, 0.29) is 33.6 Å². The summed E-state index contributed by atoms with van der Waals surface area (Å²) in [6, 6.07) is 7.33. The molecule has 246 valence electrons. The second-order valence-electron chi connectivity index (χ2n) is 16.5. The lowest BCUT2D eigenvalue weighted by atomic mass is 9.32. The van der Waals surface area contributed by atoms with Crippen molar-refractivity contribution in [1.82, 2.24) is 5.32 Å². The van der Waals surface area contributed by atoms with Crippen molar-refractivity contribution in [2.75, 3.05) is 6.54 Å². The summed E-state index contributed by atoms with van der Waals surface area (Å²) in [6.45, 7) is 12.4. The van der Waals surface area contributed by atoms with E-state index in [1.54, 1.807) is 12.1 Å². The summed E-state index contributed by atoms with van der Waals surface area (Å²) >= 11 is 0. The minimum absolute atomic E-state index is 0.0692. The molecule has 3 N–H and O–H groups in total. The van der Waals surface area contributed by atoms with Gasteiger partial charge in [-0.25, -0.2) is 9.59 Å². The number of carbonyl (C=O) groups is 3. The zero-order valence-electron chi connectivity index (χ0n) is 27.3. The highest BCUT2D eigenvalue weighted by Gasteiger charge is 2.69. The van der Waals surface area contributed by atoms with Crippen molar-refractivity contribution in [3.05, 3.63) is 41.5 Å². The fourth-order valence-corrected chi connectivity index (χ4v) is 12.4. The molecule has 8 atom stereocenters. The predicted molar refractivity (Wildman–Crippen MR) is 168 cm³/mol. The Balaban J connectivity index is 1.27. The SMILES string of the molecule is CC1(C)C(c2ccc(C(=O)O)cc2)=CC[C@@]2(C)C1CC[C@]1(C)C2CC[C@@H]2C3CCC[C@]3(CNC(=O)C(F)(F)C(=O)O)CC[C@]21C. The van der Waals surface area contributed by atoms with Crippen molar-refractivity contribution in [3.63, 3.8) is 0 Å². The number of benzene rings is 1. The Kier molecular flexibility index (Phi) is 7.41. The Hall–Kier alpha value is -2.77. The average Bonchev–Trinajstić information content (AvgIpc) is 3.40. The number of hydrogen-bond acceptors (Lipinski definition) is 3. The monoisotopic (exact) mass is 625 g/mol. The highest BCUT2D eigenvalue weighted by Crippen LogP contribution is 2.77. The smallest absolute Gasteiger partial charge is 0.418 e. The van der Waals surface area contributed by atoms with E-state index in [0.717, 1.165) is 69.8 Å². The Bertz CT molecular complexity index is 1440. The molecule has 1 amide bonds. The molecule has 0 spiro atoms. The molecule has 4 saturated carbocycles. The second-order valence-corrected chi connectivity index (χ2v) is 16.5. The molecule has 0 aliphatic heterocycles. The predicted octanol–water partition coefficient (Wildman–Crippen LogP) is 8.07. The average molecular weight is 626 g/mol. The molecule has 45 heavy (non-hydrogen) atoms. The van der Waals surface area contributed by atoms with E-state index < -0.39 is 23.8 Å². The Morgan fingerprint density at radius 3 is 2.18 bits per heavy atom. The number of rotatable bonds is 6. The van der Waals surface area contributed by atoms with Crippen LogP contribution >= 0.6 is 0 Å². The first-order valence-electron chi connectivity index (χ1n) is 16.9. The Labute approximate surface area is 265 Å². The summed E-state index contributed by atoms with van der Waals surface area (Å²) in [4.78, 5) is 34.7. The number of carboxylic acid groups (broad SMARTS) is 2. The van der Waals surface area contributed by atoms with Crippen LogP contribution in [0.3, 0.4) is 0 Å². The van der Waals surface area contributed by atoms with Crippen molar-refractivity contribution in [3.8, 4) is 0 Å². The Morgan fingerprint density at radius 1 is 0.844 bits per heavy atom. The lowest BCUT2D eigenvalue weighted by Crippen LogP contribution is -2.65. The molecule has 1 aromatic rings. The molecule has 4 fully saturated rings. The third-order valence-corrected chi connectivity index (χ3v) is 14.7. The van der Waals surface area contributed by atoms with Gasteiger partial charge in [-0.05, 0) is 132 Å². The molecule has 0 radical (unpaired) electrons. The normalized spacial score (nSPS) is 40.2. The molecule has 0 saturated heterocycles. The molecule has 0 bridgehead atoms. The first-order valence-corrected chi connectivity index (χ1v) is 16.9. The van der Waals surface area contributed by atoms with E-state index in [2.05, 4.69) is 46.0 Å². The number of aromatic carboxylic acids is 1. The number of allylic oxidation sites excluding steroid dienone is 2. The molecule has 1 aromatic carbocycles. The number of alkyl halides is 2. The maximum Gasteiger partial charge on any atom is 0.418 e. The van der Waals surface area contributed by atoms with Gasteiger partial charge in [-0.2, -0.15) is 8.78 Å². The zero-order valence-corrected chi connectivity index (χ0v) is 27.3. The first kappa shape index (κ1) is 32.2. The summed E-state index contributed by atoms with van der Waals surface area (Å²) in [7, 11) is 0. The molecule has 5 aliphatic rings. The number of hydrogen-bond donors (Lipinski definition) is 3. The molecule has 5 aliphatic carbocycles. The molecule has 0 heterocycles. The number of halogens is 2. The van der Waals surface area contributed by atoms with Gasteiger partial charge < -0.3 is 15.5 Å². The molecule has 0 aromatic heterocycles. The van der Waals surface area contributed by atoms with E-state index >= 15 is 0 Å². The minimum Gasteiger partial charge on any atom is -0.478 e. The summed E-state index contributed by atoms with van der Waals surface area (Å²) in [5.41, 5.74) is 2.74. The number of amides is 1.